The molecule has 1 saturated heterocycles. The first kappa shape index (κ1) is 20.4. The van der Waals surface area contributed by atoms with E-state index in [2.05, 4.69) is 20.4 Å². The topological polar surface area (TPSA) is 87.7 Å². The summed E-state index contributed by atoms with van der Waals surface area (Å²) in [6.45, 7) is 7.95. The molecule has 0 bridgehead atoms. The van der Waals surface area contributed by atoms with Crippen molar-refractivity contribution in [1.82, 2.24) is 20.4 Å². The van der Waals surface area contributed by atoms with E-state index in [9.17, 15) is 9.59 Å². The fourth-order valence-electron chi connectivity index (χ4n) is 3.33. The highest BCUT2D eigenvalue weighted by molar-refractivity contribution is 5.92. The molecule has 0 unspecified atom stereocenters. The van der Waals surface area contributed by atoms with Crippen LogP contribution >= 0.6 is 0 Å². The minimum atomic E-state index is -0.493. The van der Waals surface area contributed by atoms with Crippen molar-refractivity contribution in [3.63, 3.8) is 0 Å². The molecule has 1 atom stereocenters. The van der Waals surface area contributed by atoms with Crippen LogP contribution in [0.15, 0.2) is 12.1 Å². The number of nitrogens with zero attached hydrogens (tertiary/aromatic N) is 4. The van der Waals surface area contributed by atoms with Gasteiger partial charge in [0.05, 0.1) is 0 Å². The predicted octanol–water partition coefficient (Wildman–Crippen LogP) is 2.45. The molecule has 8 nitrogen and oxygen atoms in total. The Balaban J connectivity index is 1.54. The van der Waals surface area contributed by atoms with Gasteiger partial charge in [-0.15, -0.1) is 10.2 Å². The van der Waals surface area contributed by atoms with Gasteiger partial charge in [-0.25, -0.2) is 4.79 Å². The average molecular weight is 390 g/mol. The largest absolute Gasteiger partial charge is 0.444 e. The Morgan fingerprint density at radius 3 is 2.61 bits per heavy atom. The van der Waals surface area contributed by atoms with E-state index < -0.39 is 5.60 Å². The molecule has 1 aliphatic heterocycles. The maximum absolute atomic E-state index is 12.2. The number of carbonyl (C=O) groups excluding carboxylic acids is 2. The second kappa shape index (κ2) is 8.32. The van der Waals surface area contributed by atoms with Crippen LogP contribution in [0.4, 0.5) is 10.6 Å². The summed E-state index contributed by atoms with van der Waals surface area (Å²) in [6, 6.07) is 3.89. The number of ether oxygens (including phenoxy) is 1. The first-order chi connectivity index (χ1) is 13.2. The van der Waals surface area contributed by atoms with Crippen LogP contribution in [0.3, 0.4) is 0 Å². The summed E-state index contributed by atoms with van der Waals surface area (Å²) in [5.41, 5.74) is -0.138. The molecule has 1 aliphatic carbocycles. The van der Waals surface area contributed by atoms with Crippen molar-refractivity contribution in [2.45, 2.75) is 58.1 Å². The van der Waals surface area contributed by atoms with E-state index >= 15 is 0 Å². The Morgan fingerprint density at radius 2 is 2.00 bits per heavy atom. The lowest BCUT2D eigenvalue weighted by atomic mass is 9.97. The van der Waals surface area contributed by atoms with Crippen molar-refractivity contribution in [3.8, 4) is 0 Å². The van der Waals surface area contributed by atoms with Crippen molar-refractivity contribution in [3.05, 3.63) is 17.8 Å². The summed E-state index contributed by atoms with van der Waals surface area (Å²) in [7, 11) is 1.78. The van der Waals surface area contributed by atoms with Gasteiger partial charge >= 0.3 is 6.09 Å². The van der Waals surface area contributed by atoms with Gasteiger partial charge in [-0.2, -0.15) is 0 Å². The molecule has 0 aromatic carbocycles. The van der Waals surface area contributed by atoms with Crippen molar-refractivity contribution in [2.75, 3.05) is 31.6 Å². The quantitative estimate of drug-likeness (QED) is 0.832. The van der Waals surface area contributed by atoms with Gasteiger partial charge in [0.25, 0.3) is 5.91 Å². The smallest absolute Gasteiger partial charge is 0.410 e. The van der Waals surface area contributed by atoms with E-state index in [1.165, 1.54) is 0 Å². The van der Waals surface area contributed by atoms with Crippen LogP contribution in [0, 0.1) is 5.92 Å². The fourth-order valence-corrected chi connectivity index (χ4v) is 3.33. The zero-order chi connectivity index (χ0) is 20.3. The molecule has 1 saturated carbocycles. The first-order valence-corrected chi connectivity index (χ1v) is 10.0. The molecule has 28 heavy (non-hydrogen) atoms. The van der Waals surface area contributed by atoms with E-state index in [0.717, 1.165) is 44.6 Å². The fraction of sp³-hybridized carbons (Fsp3) is 0.700. The minimum Gasteiger partial charge on any atom is -0.444 e. The Morgan fingerprint density at radius 1 is 1.25 bits per heavy atom. The summed E-state index contributed by atoms with van der Waals surface area (Å²) in [6.07, 6.45) is 3.88. The van der Waals surface area contributed by atoms with Crippen molar-refractivity contribution in [2.24, 2.45) is 5.92 Å². The lowest BCUT2D eigenvalue weighted by molar-refractivity contribution is 0.0269. The third-order valence-corrected chi connectivity index (χ3v) is 4.88. The van der Waals surface area contributed by atoms with E-state index in [-0.39, 0.29) is 12.0 Å². The lowest BCUT2D eigenvalue weighted by Gasteiger charge is -2.35. The maximum atomic E-state index is 12.2. The number of nitrogens with one attached hydrogen (secondary N) is 1. The van der Waals surface area contributed by atoms with Gasteiger partial charge in [-0.1, -0.05) is 0 Å². The Kier molecular flexibility index (Phi) is 6.05. The van der Waals surface area contributed by atoms with Crippen LogP contribution in [0.2, 0.25) is 0 Å². The standard InChI is InChI=1S/C20H31N5O3/c1-20(2,3)28-19(27)24(4)12-14-6-5-11-25(13-14)17-10-9-16(22-23-17)18(26)21-15-7-8-15/h9-10,14-15H,5-8,11-13H2,1-4H3,(H,21,26)/t14-/m0/s1. The molecule has 8 heteroatoms. The average Bonchev–Trinajstić information content (AvgIpc) is 3.44. The van der Waals surface area contributed by atoms with Crippen LogP contribution in [0.5, 0.6) is 0 Å². The van der Waals surface area contributed by atoms with Gasteiger partial charge < -0.3 is 19.9 Å². The van der Waals surface area contributed by atoms with Gasteiger partial charge in [0.15, 0.2) is 11.5 Å². The van der Waals surface area contributed by atoms with Gasteiger partial charge in [0, 0.05) is 32.7 Å². The van der Waals surface area contributed by atoms with E-state index in [1.807, 2.05) is 26.8 Å². The Labute approximate surface area is 166 Å². The van der Waals surface area contributed by atoms with Gasteiger partial charge in [-0.05, 0) is 64.5 Å². The summed E-state index contributed by atoms with van der Waals surface area (Å²) in [4.78, 5) is 28.1. The highest BCUT2D eigenvalue weighted by atomic mass is 16.6. The number of anilines is 1. The van der Waals surface area contributed by atoms with Gasteiger partial charge in [0.2, 0.25) is 0 Å². The highest BCUT2D eigenvalue weighted by Gasteiger charge is 2.27. The van der Waals surface area contributed by atoms with Crippen LogP contribution in [0.25, 0.3) is 0 Å². The van der Waals surface area contributed by atoms with Crippen LogP contribution in [-0.4, -0.2) is 65.4 Å². The third-order valence-electron chi connectivity index (χ3n) is 4.88. The number of piperidine rings is 1. The predicted molar refractivity (Wildman–Crippen MR) is 106 cm³/mol. The second-order valence-electron chi connectivity index (χ2n) is 8.84. The van der Waals surface area contributed by atoms with Crippen LogP contribution < -0.4 is 10.2 Å². The van der Waals surface area contributed by atoms with Crippen molar-refractivity contribution in [1.29, 1.82) is 0 Å². The minimum absolute atomic E-state index is 0.156. The number of amides is 2. The van der Waals surface area contributed by atoms with Crippen molar-refractivity contribution >= 4 is 17.8 Å². The van der Waals surface area contributed by atoms with E-state index in [1.54, 1.807) is 18.0 Å². The molecule has 1 aromatic heterocycles. The van der Waals surface area contributed by atoms with E-state index in [0.29, 0.717) is 24.2 Å². The first-order valence-electron chi connectivity index (χ1n) is 10.0. The number of rotatable bonds is 5. The maximum Gasteiger partial charge on any atom is 0.410 e. The molecule has 2 fully saturated rings. The molecule has 1 N–H and O–H groups in total. The molecule has 1 aromatic rings. The molecule has 3 rings (SSSR count). The molecule has 154 valence electrons. The summed E-state index contributed by atoms with van der Waals surface area (Å²) in [5, 5.41) is 11.3. The Hall–Kier alpha value is -2.38. The van der Waals surface area contributed by atoms with E-state index in [4.69, 9.17) is 4.74 Å². The van der Waals surface area contributed by atoms with Gasteiger partial charge in [0.1, 0.15) is 5.60 Å². The molecule has 2 aliphatic rings. The van der Waals surface area contributed by atoms with Crippen LogP contribution in [0.1, 0.15) is 56.9 Å². The number of aromatic nitrogens is 2. The number of hydrogen-bond acceptors (Lipinski definition) is 6. The van der Waals surface area contributed by atoms with Crippen LogP contribution in [-0.2, 0) is 4.74 Å². The summed E-state index contributed by atoms with van der Waals surface area (Å²) < 4.78 is 5.43. The van der Waals surface area contributed by atoms with Crippen molar-refractivity contribution < 1.29 is 14.3 Å². The summed E-state index contributed by atoms with van der Waals surface area (Å²) >= 11 is 0. The zero-order valence-electron chi connectivity index (χ0n) is 17.3. The highest BCUT2D eigenvalue weighted by Crippen LogP contribution is 2.23. The molecule has 2 amide bonds. The zero-order valence-corrected chi connectivity index (χ0v) is 17.3. The molecular formula is C20H31N5O3. The normalized spacial score (nSPS) is 19.9. The lowest BCUT2D eigenvalue weighted by Crippen LogP contribution is -2.43. The third kappa shape index (κ3) is 5.81. The monoisotopic (exact) mass is 389 g/mol. The number of carbonyl (C=O) groups is 2. The molecule has 0 radical (unpaired) electrons. The van der Waals surface area contributed by atoms with Gasteiger partial charge in [-0.3, -0.25) is 4.79 Å². The molecule has 2 heterocycles. The molecular weight excluding hydrogens is 358 g/mol. The number of hydrogen-bond donors (Lipinski definition) is 1. The molecule has 0 spiro atoms. The second-order valence-corrected chi connectivity index (χ2v) is 8.84. The SMILES string of the molecule is CN(C[C@@H]1CCCN(c2ccc(C(=O)NC3CC3)nn2)C1)C(=O)OC(C)(C)C. The Bertz CT molecular complexity index is 697. The summed E-state index contributed by atoms with van der Waals surface area (Å²) in [5.74, 6) is 0.954.